The highest BCUT2D eigenvalue weighted by Gasteiger charge is 2.15. The molecule has 0 aliphatic carbocycles. The van der Waals surface area contributed by atoms with E-state index in [2.05, 4.69) is 15.7 Å². The van der Waals surface area contributed by atoms with Crippen LogP contribution < -0.4 is 10.6 Å². The molecule has 4 nitrogen and oxygen atoms in total. The Bertz CT molecular complexity index is 1050. The van der Waals surface area contributed by atoms with Crippen LogP contribution in [-0.2, 0) is 6.54 Å². The van der Waals surface area contributed by atoms with Crippen LogP contribution in [0.4, 0.5) is 20.2 Å². The molecular weight excluding hydrogens is 425 g/mol. The Labute approximate surface area is 176 Å². The number of aryl methyl sites for hydroxylation is 1. The van der Waals surface area contributed by atoms with Crippen LogP contribution in [0, 0.1) is 25.5 Å². The van der Waals surface area contributed by atoms with Crippen molar-refractivity contribution in [3.63, 3.8) is 0 Å². The van der Waals surface area contributed by atoms with Crippen LogP contribution >= 0.6 is 35.4 Å². The van der Waals surface area contributed by atoms with E-state index in [4.69, 9.17) is 35.4 Å². The molecule has 0 radical (unpaired) electrons. The van der Waals surface area contributed by atoms with Crippen molar-refractivity contribution >= 4 is 51.9 Å². The van der Waals surface area contributed by atoms with Crippen molar-refractivity contribution in [1.29, 1.82) is 0 Å². The molecule has 1 heterocycles. The summed E-state index contributed by atoms with van der Waals surface area (Å²) in [4.78, 5) is 0. The first-order valence-corrected chi connectivity index (χ1v) is 9.42. The highest BCUT2D eigenvalue weighted by atomic mass is 35.5. The molecule has 146 valence electrons. The monoisotopic (exact) mass is 440 g/mol. The van der Waals surface area contributed by atoms with Crippen LogP contribution in [0.1, 0.15) is 17.0 Å². The average Bonchev–Trinajstić information content (AvgIpc) is 2.87. The second-order valence-electron chi connectivity index (χ2n) is 6.14. The zero-order valence-corrected chi connectivity index (χ0v) is 17.3. The zero-order chi connectivity index (χ0) is 20.4. The second-order valence-corrected chi connectivity index (χ2v) is 7.39. The largest absolute Gasteiger partial charge is 0.330 e. The summed E-state index contributed by atoms with van der Waals surface area (Å²) in [5, 5.41) is 11.5. The Kier molecular flexibility index (Phi) is 6.17. The van der Waals surface area contributed by atoms with Crippen molar-refractivity contribution in [2.45, 2.75) is 20.4 Å². The van der Waals surface area contributed by atoms with Crippen molar-refractivity contribution in [3.8, 4) is 0 Å². The molecule has 2 aromatic carbocycles. The summed E-state index contributed by atoms with van der Waals surface area (Å²) >= 11 is 17.4. The van der Waals surface area contributed by atoms with Crippen molar-refractivity contribution in [3.05, 3.63) is 75.0 Å². The molecule has 0 bridgehead atoms. The van der Waals surface area contributed by atoms with Gasteiger partial charge < -0.3 is 10.6 Å². The van der Waals surface area contributed by atoms with Gasteiger partial charge in [0.1, 0.15) is 11.6 Å². The van der Waals surface area contributed by atoms with Crippen molar-refractivity contribution in [1.82, 2.24) is 9.78 Å². The molecule has 2 N–H and O–H groups in total. The van der Waals surface area contributed by atoms with Gasteiger partial charge in [0.2, 0.25) is 0 Å². The number of nitrogens with zero attached hydrogens (tertiary/aromatic N) is 2. The standard InChI is InChI=1S/C19H16Cl2F2N4S/c1-10-18(25-19(28)24-17-6-5-14(22)8-16(17)23)11(2)27(26-10)9-12-3-4-13(20)7-15(12)21/h3-8H,9H2,1-2H3,(H2,24,25,28). The molecule has 0 aliphatic heterocycles. The lowest BCUT2D eigenvalue weighted by Crippen LogP contribution is -2.20. The van der Waals surface area contributed by atoms with Gasteiger partial charge >= 0.3 is 0 Å². The molecule has 28 heavy (non-hydrogen) atoms. The fourth-order valence-corrected chi connectivity index (χ4v) is 3.38. The van der Waals surface area contributed by atoms with E-state index in [-0.39, 0.29) is 10.8 Å². The van der Waals surface area contributed by atoms with Gasteiger partial charge in [0, 0.05) is 16.1 Å². The van der Waals surface area contributed by atoms with E-state index >= 15 is 0 Å². The Morgan fingerprint density at radius 2 is 1.86 bits per heavy atom. The molecule has 1 aromatic heterocycles. The molecule has 0 atom stereocenters. The number of anilines is 2. The SMILES string of the molecule is Cc1nn(Cc2ccc(Cl)cc2Cl)c(C)c1NC(=S)Nc1ccc(F)cc1F. The lowest BCUT2D eigenvalue weighted by molar-refractivity contribution is 0.586. The van der Waals surface area contributed by atoms with Gasteiger partial charge in [-0.05, 0) is 55.9 Å². The third-order valence-electron chi connectivity index (χ3n) is 4.13. The third-order valence-corrected chi connectivity index (χ3v) is 4.93. The minimum absolute atomic E-state index is 0.0783. The number of thiocarbonyl (C=S) groups is 1. The molecule has 0 saturated heterocycles. The highest BCUT2D eigenvalue weighted by Crippen LogP contribution is 2.25. The number of halogens is 4. The summed E-state index contributed by atoms with van der Waals surface area (Å²) in [6.45, 7) is 4.17. The number of hydrogen-bond acceptors (Lipinski definition) is 2. The first-order valence-electron chi connectivity index (χ1n) is 8.25. The van der Waals surface area contributed by atoms with Crippen LogP contribution in [-0.4, -0.2) is 14.9 Å². The van der Waals surface area contributed by atoms with Gasteiger partial charge in [-0.2, -0.15) is 5.10 Å². The van der Waals surface area contributed by atoms with Crippen LogP contribution in [0.2, 0.25) is 10.0 Å². The van der Waals surface area contributed by atoms with Gasteiger partial charge in [0.05, 0.1) is 29.3 Å². The third kappa shape index (κ3) is 4.60. The number of nitrogens with one attached hydrogen (secondary N) is 2. The van der Waals surface area contributed by atoms with Crippen LogP contribution in [0.3, 0.4) is 0 Å². The summed E-state index contributed by atoms with van der Waals surface area (Å²) in [6.07, 6.45) is 0. The molecule has 0 fully saturated rings. The van der Waals surface area contributed by atoms with Gasteiger partial charge in [-0.15, -0.1) is 0 Å². The molecule has 3 rings (SSSR count). The number of benzene rings is 2. The topological polar surface area (TPSA) is 41.9 Å². The smallest absolute Gasteiger partial charge is 0.175 e. The van der Waals surface area contributed by atoms with Crippen LogP contribution in [0.25, 0.3) is 0 Å². The fourth-order valence-electron chi connectivity index (χ4n) is 2.70. The predicted octanol–water partition coefficient (Wildman–Crippen LogP) is 5.94. The average molecular weight is 441 g/mol. The highest BCUT2D eigenvalue weighted by molar-refractivity contribution is 7.80. The summed E-state index contributed by atoms with van der Waals surface area (Å²) in [5.74, 6) is -1.39. The fraction of sp³-hybridized carbons (Fsp3) is 0.158. The maximum atomic E-state index is 13.8. The van der Waals surface area contributed by atoms with Crippen LogP contribution in [0.5, 0.6) is 0 Å². The predicted molar refractivity (Wildman–Crippen MR) is 113 cm³/mol. The summed E-state index contributed by atoms with van der Waals surface area (Å²) in [5.41, 5.74) is 3.19. The van der Waals surface area contributed by atoms with Crippen molar-refractivity contribution < 1.29 is 8.78 Å². The van der Waals surface area contributed by atoms with Gasteiger partial charge in [-0.3, -0.25) is 4.68 Å². The van der Waals surface area contributed by atoms with E-state index < -0.39 is 11.6 Å². The number of rotatable bonds is 4. The molecule has 0 aliphatic rings. The molecule has 9 heteroatoms. The Hall–Kier alpha value is -2.22. The Morgan fingerprint density at radius 1 is 1.11 bits per heavy atom. The normalized spacial score (nSPS) is 10.8. The van der Waals surface area contributed by atoms with Gasteiger partial charge in [-0.25, -0.2) is 8.78 Å². The van der Waals surface area contributed by atoms with E-state index in [0.717, 1.165) is 23.4 Å². The van der Waals surface area contributed by atoms with Gasteiger partial charge in [0.15, 0.2) is 5.11 Å². The Morgan fingerprint density at radius 3 is 2.54 bits per heavy atom. The zero-order valence-electron chi connectivity index (χ0n) is 15.0. The lowest BCUT2D eigenvalue weighted by atomic mass is 10.2. The molecule has 0 saturated carbocycles. The minimum atomic E-state index is -0.731. The van der Waals surface area contributed by atoms with Crippen LogP contribution in [0.15, 0.2) is 36.4 Å². The molecule has 0 spiro atoms. The lowest BCUT2D eigenvalue weighted by Gasteiger charge is -2.12. The summed E-state index contributed by atoms with van der Waals surface area (Å²) in [7, 11) is 0. The van der Waals surface area contributed by atoms with E-state index in [1.54, 1.807) is 16.8 Å². The van der Waals surface area contributed by atoms with E-state index in [1.165, 1.54) is 6.07 Å². The molecule has 0 unspecified atom stereocenters. The molecule has 3 aromatic rings. The first kappa shape index (κ1) is 20.5. The maximum absolute atomic E-state index is 13.8. The van der Waals surface area contributed by atoms with Crippen molar-refractivity contribution in [2.24, 2.45) is 0 Å². The number of hydrogen-bond donors (Lipinski definition) is 2. The summed E-state index contributed by atoms with van der Waals surface area (Å²) in [6, 6.07) is 8.51. The molecular formula is C19H16Cl2F2N4S. The van der Waals surface area contributed by atoms with Crippen molar-refractivity contribution in [2.75, 3.05) is 10.6 Å². The quantitative estimate of drug-likeness (QED) is 0.492. The Balaban J connectivity index is 1.76. The first-order chi connectivity index (χ1) is 13.2. The molecule has 0 amide bonds. The van der Waals surface area contributed by atoms with Gasteiger partial charge in [-0.1, -0.05) is 29.3 Å². The second kappa shape index (κ2) is 8.43. The number of aromatic nitrogens is 2. The van der Waals surface area contributed by atoms with E-state index in [9.17, 15) is 8.78 Å². The van der Waals surface area contributed by atoms with E-state index in [0.29, 0.717) is 28.0 Å². The maximum Gasteiger partial charge on any atom is 0.175 e. The summed E-state index contributed by atoms with van der Waals surface area (Å²) < 4.78 is 28.6. The van der Waals surface area contributed by atoms with E-state index in [1.807, 2.05) is 19.9 Å². The van der Waals surface area contributed by atoms with Gasteiger partial charge in [0.25, 0.3) is 0 Å². The minimum Gasteiger partial charge on any atom is -0.330 e.